The van der Waals surface area contributed by atoms with E-state index in [4.69, 9.17) is 9.47 Å². The maximum atomic E-state index is 14.5. The number of aliphatic hydroxyl groups excluding tert-OH is 1. The van der Waals surface area contributed by atoms with Crippen LogP contribution >= 0.6 is 0 Å². The van der Waals surface area contributed by atoms with Crippen molar-refractivity contribution in [2.24, 2.45) is 5.92 Å². The molecule has 2 aromatic rings. The van der Waals surface area contributed by atoms with Gasteiger partial charge >= 0.3 is 6.18 Å². The second kappa shape index (κ2) is 10.3. The van der Waals surface area contributed by atoms with Crippen molar-refractivity contribution in [2.45, 2.75) is 43.7 Å². The molecule has 1 amide bonds. The number of ether oxygens (including phenoxy) is 2. The highest BCUT2D eigenvalue weighted by Gasteiger charge is 2.65. The summed E-state index contributed by atoms with van der Waals surface area (Å²) in [7, 11) is 4.50. The first-order valence-electron chi connectivity index (χ1n) is 11.1. The predicted octanol–water partition coefficient (Wildman–Crippen LogP) is 4.04. The van der Waals surface area contributed by atoms with E-state index in [2.05, 4.69) is 10.3 Å². The molecule has 0 spiro atoms. The fraction of sp³-hybridized carbons (Fsp3) is 0.500. The zero-order valence-corrected chi connectivity index (χ0v) is 20.4. The molecule has 0 unspecified atom stereocenters. The van der Waals surface area contributed by atoms with Crippen molar-refractivity contribution in [3.05, 3.63) is 53.4 Å². The molecular formula is C24H28F5N3O4. The summed E-state index contributed by atoms with van der Waals surface area (Å²) >= 11 is 0. The first kappa shape index (κ1) is 27.8. The standard InChI is InChI=1S/C24H28F5N3O4/c1-12-18(14-6-7-15(25)19(26)20(14)35-5)21(36-23(12,2)24(27,28)29)22(34)31-13-8-9-30-16(10-13)17(11-33)32(3)4/h6-10,12,17-18,21,33H,11H2,1-5H3,(H,30,31,34)/t12-,17+,18-,21+,23+/m0/s1. The zero-order valence-electron chi connectivity index (χ0n) is 20.4. The van der Waals surface area contributed by atoms with Crippen LogP contribution < -0.4 is 10.1 Å². The molecule has 0 bridgehead atoms. The fourth-order valence-electron chi connectivity index (χ4n) is 4.48. The van der Waals surface area contributed by atoms with Gasteiger partial charge in [-0.05, 0) is 39.2 Å². The van der Waals surface area contributed by atoms with E-state index in [1.807, 2.05) is 0 Å². The minimum absolute atomic E-state index is 0.125. The molecule has 12 heteroatoms. The molecule has 3 rings (SSSR count). The van der Waals surface area contributed by atoms with Crippen LogP contribution in [-0.2, 0) is 9.53 Å². The van der Waals surface area contributed by atoms with Crippen molar-refractivity contribution < 1.29 is 41.3 Å². The Morgan fingerprint density at radius 3 is 2.53 bits per heavy atom. The lowest BCUT2D eigenvalue weighted by molar-refractivity contribution is -0.272. The number of alkyl halides is 3. The number of anilines is 1. The number of methoxy groups -OCH3 is 1. The molecule has 2 N–H and O–H groups in total. The number of nitrogens with zero attached hydrogens (tertiary/aromatic N) is 2. The Kier molecular flexibility index (Phi) is 7.92. The molecule has 5 atom stereocenters. The minimum atomic E-state index is -4.87. The number of nitrogens with one attached hydrogen (secondary N) is 1. The van der Waals surface area contributed by atoms with E-state index in [0.29, 0.717) is 5.69 Å². The molecule has 1 aliphatic rings. The summed E-state index contributed by atoms with van der Waals surface area (Å²) in [6.45, 7) is 1.79. The first-order chi connectivity index (χ1) is 16.8. The summed E-state index contributed by atoms with van der Waals surface area (Å²) in [6, 6.07) is 4.28. The summed E-state index contributed by atoms with van der Waals surface area (Å²) in [4.78, 5) is 19.2. The highest BCUT2D eigenvalue weighted by Crippen LogP contribution is 2.55. The lowest BCUT2D eigenvalue weighted by atomic mass is 9.77. The van der Waals surface area contributed by atoms with E-state index in [1.165, 1.54) is 25.3 Å². The summed E-state index contributed by atoms with van der Waals surface area (Å²) in [5.41, 5.74) is -2.26. The Morgan fingerprint density at radius 2 is 1.97 bits per heavy atom. The van der Waals surface area contributed by atoms with Gasteiger partial charge in [-0.15, -0.1) is 0 Å². The number of halogens is 5. The van der Waals surface area contributed by atoms with Gasteiger partial charge < -0.3 is 19.9 Å². The highest BCUT2D eigenvalue weighted by molar-refractivity contribution is 5.95. The van der Waals surface area contributed by atoms with Crippen LogP contribution in [0.25, 0.3) is 0 Å². The van der Waals surface area contributed by atoms with Gasteiger partial charge in [0, 0.05) is 29.3 Å². The van der Waals surface area contributed by atoms with Gasteiger partial charge in [0.15, 0.2) is 17.2 Å². The summed E-state index contributed by atoms with van der Waals surface area (Å²) in [6.07, 6.45) is -5.20. The number of pyridine rings is 1. The monoisotopic (exact) mass is 517 g/mol. The van der Waals surface area contributed by atoms with Gasteiger partial charge in [0.25, 0.3) is 5.91 Å². The van der Waals surface area contributed by atoms with Gasteiger partial charge in [-0.1, -0.05) is 13.0 Å². The lowest BCUT2D eigenvalue weighted by Crippen LogP contribution is -2.47. The number of benzene rings is 1. The Morgan fingerprint density at radius 1 is 1.31 bits per heavy atom. The van der Waals surface area contributed by atoms with E-state index in [9.17, 15) is 31.9 Å². The average Bonchev–Trinajstić information content (AvgIpc) is 3.08. The molecule has 2 heterocycles. The van der Waals surface area contributed by atoms with E-state index in [1.54, 1.807) is 19.0 Å². The first-order valence-corrected chi connectivity index (χ1v) is 11.1. The molecular weight excluding hydrogens is 489 g/mol. The molecule has 0 saturated carbocycles. The number of carbonyl (C=O) groups excluding carboxylic acids is 1. The van der Waals surface area contributed by atoms with Crippen molar-refractivity contribution in [3.8, 4) is 5.75 Å². The third kappa shape index (κ3) is 4.89. The Bertz CT molecular complexity index is 1110. The Balaban J connectivity index is 2.04. The van der Waals surface area contributed by atoms with E-state index >= 15 is 0 Å². The molecule has 1 fully saturated rings. The van der Waals surface area contributed by atoms with Crippen molar-refractivity contribution in [3.63, 3.8) is 0 Å². The van der Waals surface area contributed by atoms with Crippen LogP contribution in [0.5, 0.6) is 5.75 Å². The van der Waals surface area contributed by atoms with Crippen molar-refractivity contribution in [1.82, 2.24) is 9.88 Å². The van der Waals surface area contributed by atoms with Gasteiger partial charge in [-0.2, -0.15) is 17.6 Å². The van der Waals surface area contributed by atoms with Crippen molar-refractivity contribution >= 4 is 11.6 Å². The Hall–Kier alpha value is -2.83. The topological polar surface area (TPSA) is 83.9 Å². The molecule has 1 aliphatic heterocycles. The number of amides is 1. The highest BCUT2D eigenvalue weighted by atomic mass is 19.4. The Labute approximate surface area is 205 Å². The van der Waals surface area contributed by atoms with Crippen LogP contribution in [0.2, 0.25) is 0 Å². The fourth-order valence-corrected chi connectivity index (χ4v) is 4.48. The van der Waals surface area contributed by atoms with E-state index in [-0.39, 0.29) is 17.9 Å². The van der Waals surface area contributed by atoms with Crippen molar-refractivity contribution in [2.75, 3.05) is 33.1 Å². The normalized spacial score (nSPS) is 25.2. The third-order valence-corrected chi connectivity index (χ3v) is 6.76. The van der Waals surface area contributed by atoms with Gasteiger partial charge in [-0.25, -0.2) is 4.39 Å². The van der Waals surface area contributed by atoms with Crippen LogP contribution in [0.15, 0.2) is 30.5 Å². The van der Waals surface area contributed by atoms with Crippen LogP contribution in [0.4, 0.5) is 27.6 Å². The predicted molar refractivity (Wildman–Crippen MR) is 121 cm³/mol. The van der Waals surface area contributed by atoms with Gasteiger partial charge in [0.05, 0.1) is 25.5 Å². The number of hydrogen-bond acceptors (Lipinski definition) is 6. The lowest BCUT2D eigenvalue weighted by Gasteiger charge is -2.32. The van der Waals surface area contributed by atoms with Crippen LogP contribution in [0.1, 0.15) is 37.1 Å². The molecule has 1 saturated heterocycles. The van der Waals surface area contributed by atoms with Gasteiger partial charge in [0.2, 0.25) is 5.82 Å². The molecule has 7 nitrogen and oxygen atoms in total. The van der Waals surface area contributed by atoms with Crippen LogP contribution in [-0.4, -0.2) is 66.6 Å². The molecule has 1 aromatic carbocycles. The molecule has 0 radical (unpaired) electrons. The van der Waals surface area contributed by atoms with E-state index in [0.717, 1.165) is 26.2 Å². The second-order valence-electron chi connectivity index (χ2n) is 9.06. The number of rotatable bonds is 7. The number of aromatic nitrogens is 1. The second-order valence-corrected chi connectivity index (χ2v) is 9.06. The number of hydrogen-bond donors (Lipinski definition) is 2. The summed E-state index contributed by atoms with van der Waals surface area (Å²) < 4.78 is 80.9. The summed E-state index contributed by atoms with van der Waals surface area (Å²) in [5.74, 6) is -6.83. The molecule has 1 aromatic heterocycles. The number of aliphatic hydroxyl groups is 1. The molecule has 0 aliphatic carbocycles. The van der Waals surface area contributed by atoms with Crippen LogP contribution in [0.3, 0.4) is 0 Å². The summed E-state index contributed by atoms with van der Waals surface area (Å²) in [5, 5.41) is 12.2. The number of likely N-dealkylation sites (N-methyl/N-ethyl adjacent to an activating group) is 1. The zero-order chi connectivity index (χ0) is 27.0. The number of carbonyl (C=O) groups is 1. The largest absolute Gasteiger partial charge is 0.493 e. The van der Waals surface area contributed by atoms with E-state index < -0.39 is 59.1 Å². The minimum Gasteiger partial charge on any atom is -0.493 e. The molecule has 198 valence electrons. The van der Waals surface area contributed by atoms with Crippen molar-refractivity contribution in [1.29, 1.82) is 0 Å². The van der Waals surface area contributed by atoms with Gasteiger partial charge in [0.1, 0.15) is 6.10 Å². The average molecular weight is 517 g/mol. The van der Waals surface area contributed by atoms with Crippen LogP contribution in [0, 0.1) is 17.6 Å². The SMILES string of the molecule is COc1c([C@H]2[C@H](C(=O)Nc3ccnc([C@@H](CO)N(C)C)c3)O[C@@](C)(C(F)(F)F)[C@H]2C)ccc(F)c1F. The maximum absolute atomic E-state index is 14.5. The smallest absolute Gasteiger partial charge is 0.417 e. The quantitative estimate of drug-likeness (QED) is 0.540. The van der Waals surface area contributed by atoms with Gasteiger partial charge in [-0.3, -0.25) is 14.7 Å². The molecule has 36 heavy (non-hydrogen) atoms. The maximum Gasteiger partial charge on any atom is 0.417 e. The third-order valence-electron chi connectivity index (χ3n) is 6.76.